The number of nitrogens with one attached hydrogen (secondary N) is 1. The molecule has 0 bridgehead atoms. The SMILES string of the molecule is CCC(=O)c1ccc(OCC(=O)Nc2nc(C)c(C(=O)OC)s2)cc1. The second kappa shape index (κ2) is 8.39. The van der Waals surface area contributed by atoms with Crippen LogP contribution in [-0.4, -0.2) is 36.4 Å². The van der Waals surface area contributed by atoms with Crippen LogP contribution in [0.15, 0.2) is 24.3 Å². The Kier molecular flexibility index (Phi) is 6.24. The largest absolute Gasteiger partial charge is 0.484 e. The molecule has 2 rings (SSSR count). The van der Waals surface area contributed by atoms with Gasteiger partial charge < -0.3 is 9.47 Å². The number of benzene rings is 1. The van der Waals surface area contributed by atoms with Gasteiger partial charge in [0.25, 0.3) is 5.91 Å². The molecule has 132 valence electrons. The molecule has 7 nitrogen and oxygen atoms in total. The van der Waals surface area contributed by atoms with Gasteiger partial charge in [0.2, 0.25) is 0 Å². The van der Waals surface area contributed by atoms with E-state index in [4.69, 9.17) is 4.74 Å². The van der Waals surface area contributed by atoms with Crippen LogP contribution < -0.4 is 10.1 Å². The van der Waals surface area contributed by atoms with Gasteiger partial charge in [0, 0.05) is 12.0 Å². The minimum absolute atomic E-state index is 0.0462. The van der Waals surface area contributed by atoms with E-state index in [0.717, 1.165) is 11.3 Å². The summed E-state index contributed by atoms with van der Waals surface area (Å²) in [5.74, 6) is -0.370. The molecule has 1 aromatic heterocycles. The standard InChI is InChI=1S/C17H18N2O5S/c1-4-13(20)11-5-7-12(8-6-11)24-9-14(21)19-17-18-10(2)15(25-17)16(22)23-3/h5-8H,4,9H2,1-3H3,(H,18,19,21). The molecule has 8 heteroatoms. The molecule has 0 aliphatic carbocycles. The van der Waals surface area contributed by atoms with Crippen LogP contribution in [0, 0.1) is 6.92 Å². The molecule has 0 saturated heterocycles. The van der Waals surface area contributed by atoms with Crippen LogP contribution in [0.2, 0.25) is 0 Å². The zero-order valence-electron chi connectivity index (χ0n) is 14.1. The number of nitrogens with zero attached hydrogens (tertiary/aromatic N) is 1. The Morgan fingerprint density at radius 1 is 1.20 bits per heavy atom. The van der Waals surface area contributed by atoms with E-state index < -0.39 is 11.9 Å². The lowest BCUT2D eigenvalue weighted by molar-refractivity contribution is -0.118. The van der Waals surface area contributed by atoms with E-state index in [0.29, 0.717) is 33.4 Å². The second-order valence-corrected chi connectivity index (χ2v) is 6.06. The number of rotatable bonds is 7. The third-order valence-electron chi connectivity index (χ3n) is 3.28. The average molecular weight is 362 g/mol. The number of ether oxygens (including phenoxy) is 2. The molecule has 1 aromatic carbocycles. The minimum atomic E-state index is -0.492. The molecule has 0 fully saturated rings. The van der Waals surface area contributed by atoms with Crippen molar-refractivity contribution in [2.45, 2.75) is 20.3 Å². The Morgan fingerprint density at radius 2 is 1.88 bits per heavy atom. The Balaban J connectivity index is 1.90. The van der Waals surface area contributed by atoms with Crippen molar-refractivity contribution in [1.29, 1.82) is 0 Å². The zero-order chi connectivity index (χ0) is 18.4. The molecular formula is C17H18N2O5S. The number of anilines is 1. The number of esters is 1. The minimum Gasteiger partial charge on any atom is -0.484 e. The maximum absolute atomic E-state index is 11.9. The maximum Gasteiger partial charge on any atom is 0.350 e. The van der Waals surface area contributed by atoms with Crippen molar-refractivity contribution in [3.05, 3.63) is 40.4 Å². The van der Waals surface area contributed by atoms with Gasteiger partial charge in [-0.05, 0) is 31.2 Å². The first-order chi connectivity index (χ1) is 11.9. The third kappa shape index (κ3) is 4.87. The first-order valence-corrected chi connectivity index (χ1v) is 8.38. The molecule has 0 aliphatic rings. The highest BCUT2D eigenvalue weighted by Gasteiger charge is 2.17. The number of ketones is 1. The van der Waals surface area contributed by atoms with Crippen molar-refractivity contribution in [3.8, 4) is 5.75 Å². The summed E-state index contributed by atoms with van der Waals surface area (Å²) in [5.41, 5.74) is 1.09. The lowest BCUT2D eigenvalue weighted by Gasteiger charge is -2.06. The molecule has 0 aliphatic heterocycles. The van der Waals surface area contributed by atoms with E-state index in [1.165, 1.54) is 7.11 Å². The number of carbonyl (C=O) groups excluding carboxylic acids is 3. The first kappa shape index (κ1) is 18.6. The van der Waals surface area contributed by atoms with Gasteiger partial charge in [-0.2, -0.15) is 0 Å². The van der Waals surface area contributed by atoms with Crippen molar-refractivity contribution in [3.63, 3.8) is 0 Å². The Hall–Kier alpha value is -2.74. The number of thiazole rings is 1. The number of aryl methyl sites for hydroxylation is 1. The van der Waals surface area contributed by atoms with E-state index in [9.17, 15) is 14.4 Å². The van der Waals surface area contributed by atoms with E-state index in [2.05, 4.69) is 15.0 Å². The van der Waals surface area contributed by atoms with Crippen LogP contribution in [0.5, 0.6) is 5.75 Å². The van der Waals surface area contributed by atoms with Gasteiger partial charge in [-0.3, -0.25) is 14.9 Å². The fourth-order valence-electron chi connectivity index (χ4n) is 1.98. The fourth-order valence-corrected chi connectivity index (χ4v) is 2.88. The van der Waals surface area contributed by atoms with Gasteiger partial charge in [-0.15, -0.1) is 0 Å². The normalized spacial score (nSPS) is 10.2. The number of amides is 1. The second-order valence-electron chi connectivity index (χ2n) is 5.06. The molecule has 0 saturated carbocycles. The summed E-state index contributed by atoms with van der Waals surface area (Å²) in [5, 5.41) is 2.87. The van der Waals surface area contributed by atoms with Crippen molar-refractivity contribution < 1.29 is 23.9 Å². The average Bonchev–Trinajstić information content (AvgIpc) is 2.99. The summed E-state index contributed by atoms with van der Waals surface area (Å²) in [7, 11) is 1.28. The van der Waals surface area contributed by atoms with E-state index >= 15 is 0 Å². The van der Waals surface area contributed by atoms with Crippen LogP contribution in [-0.2, 0) is 9.53 Å². The zero-order valence-corrected chi connectivity index (χ0v) is 14.9. The first-order valence-electron chi connectivity index (χ1n) is 7.56. The molecule has 0 radical (unpaired) electrons. The summed E-state index contributed by atoms with van der Waals surface area (Å²) >= 11 is 1.04. The number of Topliss-reactive ketones (excluding diaryl/α,β-unsaturated/α-hetero) is 1. The van der Waals surface area contributed by atoms with E-state index in [1.807, 2.05) is 0 Å². The lowest BCUT2D eigenvalue weighted by atomic mass is 10.1. The highest BCUT2D eigenvalue weighted by Crippen LogP contribution is 2.23. The fraction of sp³-hybridized carbons (Fsp3) is 0.294. The van der Waals surface area contributed by atoms with Gasteiger partial charge in [-0.1, -0.05) is 18.3 Å². The summed E-state index contributed by atoms with van der Waals surface area (Å²) in [4.78, 5) is 39.5. The lowest BCUT2D eigenvalue weighted by Crippen LogP contribution is -2.20. The van der Waals surface area contributed by atoms with Gasteiger partial charge in [0.1, 0.15) is 10.6 Å². The molecule has 0 spiro atoms. The number of methoxy groups -OCH3 is 1. The number of carbonyl (C=O) groups is 3. The number of hydrogen-bond donors (Lipinski definition) is 1. The topological polar surface area (TPSA) is 94.6 Å². The smallest absolute Gasteiger partial charge is 0.350 e. The Bertz CT molecular complexity index is 783. The molecule has 25 heavy (non-hydrogen) atoms. The van der Waals surface area contributed by atoms with E-state index in [1.54, 1.807) is 38.1 Å². The van der Waals surface area contributed by atoms with Gasteiger partial charge >= 0.3 is 5.97 Å². The van der Waals surface area contributed by atoms with Crippen LogP contribution in [0.1, 0.15) is 39.1 Å². The third-order valence-corrected chi connectivity index (χ3v) is 4.33. The van der Waals surface area contributed by atoms with E-state index in [-0.39, 0.29) is 12.4 Å². The molecule has 1 N–H and O–H groups in total. The van der Waals surface area contributed by atoms with Crippen molar-refractivity contribution >= 4 is 34.1 Å². The van der Waals surface area contributed by atoms with Crippen LogP contribution in [0.25, 0.3) is 0 Å². The van der Waals surface area contributed by atoms with Gasteiger partial charge in [0.15, 0.2) is 17.5 Å². The summed E-state index contributed by atoms with van der Waals surface area (Å²) in [6, 6.07) is 6.59. The molecule has 2 aromatic rings. The predicted molar refractivity (Wildman–Crippen MR) is 93.4 cm³/mol. The molecular weight excluding hydrogens is 344 g/mol. The molecule has 1 heterocycles. The number of aromatic nitrogens is 1. The maximum atomic E-state index is 11.9. The quantitative estimate of drug-likeness (QED) is 0.601. The molecule has 1 amide bonds. The van der Waals surface area contributed by atoms with Gasteiger partial charge in [-0.25, -0.2) is 9.78 Å². The van der Waals surface area contributed by atoms with Crippen molar-refractivity contribution in [2.75, 3.05) is 19.0 Å². The molecule has 0 unspecified atom stereocenters. The highest BCUT2D eigenvalue weighted by atomic mass is 32.1. The van der Waals surface area contributed by atoms with Gasteiger partial charge in [0.05, 0.1) is 12.8 Å². The highest BCUT2D eigenvalue weighted by molar-refractivity contribution is 7.17. The van der Waals surface area contributed by atoms with Crippen LogP contribution in [0.4, 0.5) is 5.13 Å². The van der Waals surface area contributed by atoms with Crippen LogP contribution in [0.3, 0.4) is 0 Å². The predicted octanol–water partition coefficient (Wildman–Crippen LogP) is 2.85. The van der Waals surface area contributed by atoms with Crippen LogP contribution >= 0.6 is 11.3 Å². The number of hydrogen-bond acceptors (Lipinski definition) is 7. The van der Waals surface area contributed by atoms with Crippen molar-refractivity contribution in [2.24, 2.45) is 0 Å². The Morgan fingerprint density at radius 3 is 2.48 bits per heavy atom. The molecule has 0 atom stereocenters. The summed E-state index contributed by atoms with van der Waals surface area (Å²) in [6.07, 6.45) is 0.434. The summed E-state index contributed by atoms with van der Waals surface area (Å²) in [6.45, 7) is 3.24. The monoisotopic (exact) mass is 362 g/mol. The summed E-state index contributed by atoms with van der Waals surface area (Å²) < 4.78 is 10.0. The Labute approximate surface area is 149 Å². The van der Waals surface area contributed by atoms with Crippen molar-refractivity contribution in [1.82, 2.24) is 4.98 Å².